The second-order valence-corrected chi connectivity index (χ2v) is 8.07. The van der Waals surface area contributed by atoms with Gasteiger partial charge in [0.05, 0.1) is 17.4 Å². The molecule has 0 aliphatic rings. The summed E-state index contributed by atoms with van der Waals surface area (Å²) in [5.74, 6) is -0.383. The van der Waals surface area contributed by atoms with Gasteiger partial charge in [-0.05, 0) is 91.0 Å². The number of nitrogens with two attached hydrogens (primary N) is 4. The van der Waals surface area contributed by atoms with E-state index in [-0.39, 0.29) is 11.8 Å². The van der Waals surface area contributed by atoms with Crippen molar-refractivity contribution in [3.8, 4) is 0 Å². The lowest BCUT2D eigenvalue weighted by Crippen LogP contribution is -2.11. The number of pyridine rings is 1. The zero-order valence-corrected chi connectivity index (χ0v) is 21.0. The van der Waals surface area contributed by atoms with Crippen molar-refractivity contribution in [3.63, 3.8) is 0 Å². The molecule has 0 atom stereocenters. The SMILES string of the molecule is Nc1ccc(N)cc1.Nc1ccc(NC(=O)c2cccnc2)cc1.Nc1ccc(NC(=O)c2ccoc2)cc1. The Bertz CT molecular complexity index is 1420. The predicted octanol–water partition coefficient (Wildman–Crippen LogP) is 4.88. The maximum atomic E-state index is 11.7. The van der Waals surface area contributed by atoms with Crippen LogP contribution in [0.3, 0.4) is 0 Å². The van der Waals surface area contributed by atoms with E-state index in [1.54, 1.807) is 97.2 Å². The molecule has 10 N–H and O–H groups in total. The molecule has 10 nitrogen and oxygen atoms in total. The van der Waals surface area contributed by atoms with Crippen molar-refractivity contribution >= 4 is 45.9 Å². The third-order valence-corrected chi connectivity index (χ3v) is 4.98. The van der Waals surface area contributed by atoms with Crippen LogP contribution in [-0.4, -0.2) is 16.8 Å². The first-order chi connectivity index (χ1) is 18.8. The van der Waals surface area contributed by atoms with Gasteiger partial charge >= 0.3 is 0 Å². The van der Waals surface area contributed by atoms with Crippen molar-refractivity contribution in [2.24, 2.45) is 0 Å². The monoisotopic (exact) mass is 523 g/mol. The molecule has 5 aromatic rings. The number of hydrogen-bond donors (Lipinski definition) is 6. The number of benzene rings is 3. The fourth-order valence-corrected chi connectivity index (χ4v) is 2.93. The molecule has 0 saturated carbocycles. The van der Waals surface area contributed by atoms with Crippen LogP contribution in [0.15, 0.2) is 120 Å². The van der Waals surface area contributed by atoms with Crippen LogP contribution in [0.2, 0.25) is 0 Å². The minimum absolute atomic E-state index is 0.183. The van der Waals surface area contributed by atoms with Gasteiger partial charge in [0.1, 0.15) is 6.26 Å². The van der Waals surface area contributed by atoms with E-state index in [4.69, 9.17) is 27.4 Å². The van der Waals surface area contributed by atoms with E-state index in [9.17, 15) is 9.59 Å². The summed E-state index contributed by atoms with van der Waals surface area (Å²) in [6.45, 7) is 0. The van der Waals surface area contributed by atoms with E-state index in [0.717, 1.165) is 11.4 Å². The molecule has 5 rings (SSSR count). The summed E-state index contributed by atoms with van der Waals surface area (Å²) in [7, 11) is 0. The number of nitrogen functional groups attached to an aromatic ring is 4. The van der Waals surface area contributed by atoms with Gasteiger partial charge in [-0.1, -0.05) is 0 Å². The minimum atomic E-state index is -0.200. The van der Waals surface area contributed by atoms with Gasteiger partial charge in [0.15, 0.2) is 0 Å². The Kier molecular flexibility index (Phi) is 10.0. The lowest BCUT2D eigenvalue weighted by molar-refractivity contribution is 0.101. The summed E-state index contributed by atoms with van der Waals surface area (Å²) in [6, 6.07) is 26.0. The first-order valence-corrected chi connectivity index (χ1v) is 11.7. The van der Waals surface area contributed by atoms with Crippen LogP contribution in [0.25, 0.3) is 0 Å². The number of rotatable bonds is 4. The molecule has 198 valence electrons. The molecule has 0 fully saturated rings. The van der Waals surface area contributed by atoms with Crippen LogP contribution >= 0.6 is 0 Å². The number of furan rings is 1. The van der Waals surface area contributed by atoms with Crippen LogP contribution in [0.4, 0.5) is 34.1 Å². The lowest BCUT2D eigenvalue weighted by Gasteiger charge is -2.04. The smallest absolute Gasteiger partial charge is 0.258 e. The normalized spacial score (nSPS) is 9.64. The fourth-order valence-electron chi connectivity index (χ4n) is 2.93. The first-order valence-electron chi connectivity index (χ1n) is 11.7. The zero-order chi connectivity index (χ0) is 28.0. The van der Waals surface area contributed by atoms with E-state index in [0.29, 0.717) is 33.9 Å². The second-order valence-electron chi connectivity index (χ2n) is 8.07. The molecule has 0 radical (unpaired) electrons. The standard InChI is InChI=1S/C12H11N3O.C11H10N2O2.C6H8N2/c13-10-3-5-11(6-4-10)15-12(16)9-2-1-7-14-8-9;12-9-1-3-10(4-2-9)13-11(14)8-5-6-15-7-8;7-5-1-2-6(8)4-3-5/h1-8H,13H2,(H,15,16);1-7H,12H2,(H,13,14);1-4H,7-8H2. The van der Waals surface area contributed by atoms with Crippen LogP contribution in [0, 0.1) is 0 Å². The Hall–Kier alpha value is -5.77. The van der Waals surface area contributed by atoms with E-state index in [1.165, 1.54) is 18.7 Å². The van der Waals surface area contributed by atoms with Crippen molar-refractivity contribution < 1.29 is 14.0 Å². The van der Waals surface area contributed by atoms with Gasteiger partial charge < -0.3 is 38.0 Å². The number of nitrogens with one attached hydrogen (secondary N) is 2. The summed E-state index contributed by atoms with van der Waals surface area (Å²) in [5, 5.41) is 5.47. The van der Waals surface area contributed by atoms with E-state index in [1.807, 2.05) is 0 Å². The van der Waals surface area contributed by atoms with Crippen molar-refractivity contribution in [2.75, 3.05) is 33.6 Å². The predicted molar refractivity (Wildman–Crippen MR) is 156 cm³/mol. The number of hydrogen-bond acceptors (Lipinski definition) is 8. The number of aromatic nitrogens is 1. The Balaban J connectivity index is 0.000000171. The minimum Gasteiger partial charge on any atom is -0.472 e. The Morgan fingerprint density at radius 2 is 1.03 bits per heavy atom. The lowest BCUT2D eigenvalue weighted by atomic mass is 10.2. The van der Waals surface area contributed by atoms with Crippen molar-refractivity contribution in [1.29, 1.82) is 0 Å². The number of anilines is 6. The number of nitrogens with zero attached hydrogens (tertiary/aromatic N) is 1. The highest BCUT2D eigenvalue weighted by Gasteiger charge is 2.06. The van der Waals surface area contributed by atoms with Gasteiger partial charge in [-0.15, -0.1) is 0 Å². The van der Waals surface area contributed by atoms with Gasteiger partial charge in [-0.3, -0.25) is 14.6 Å². The summed E-state index contributed by atoms with van der Waals surface area (Å²) >= 11 is 0. The Morgan fingerprint density at radius 3 is 1.41 bits per heavy atom. The van der Waals surface area contributed by atoms with E-state index < -0.39 is 0 Å². The van der Waals surface area contributed by atoms with Crippen molar-refractivity contribution in [1.82, 2.24) is 4.98 Å². The van der Waals surface area contributed by atoms with Gasteiger partial charge in [-0.2, -0.15) is 0 Å². The summed E-state index contributed by atoms with van der Waals surface area (Å²) in [6.07, 6.45) is 6.00. The zero-order valence-electron chi connectivity index (χ0n) is 21.0. The molecular formula is C29H29N7O3. The molecule has 2 aromatic heterocycles. The first kappa shape index (κ1) is 27.8. The highest BCUT2D eigenvalue weighted by molar-refractivity contribution is 6.04. The summed E-state index contributed by atoms with van der Waals surface area (Å²) in [4.78, 5) is 27.2. The highest BCUT2D eigenvalue weighted by atomic mass is 16.3. The number of carbonyl (C=O) groups is 2. The molecule has 39 heavy (non-hydrogen) atoms. The topological polar surface area (TPSA) is 188 Å². The number of carbonyl (C=O) groups excluding carboxylic acids is 2. The van der Waals surface area contributed by atoms with Crippen LogP contribution in [-0.2, 0) is 0 Å². The van der Waals surface area contributed by atoms with Gasteiger partial charge in [0.2, 0.25) is 0 Å². The fraction of sp³-hybridized carbons (Fsp3) is 0. The number of amides is 2. The summed E-state index contributed by atoms with van der Waals surface area (Å²) < 4.78 is 4.81. The highest BCUT2D eigenvalue weighted by Crippen LogP contribution is 2.13. The van der Waals surface area contributed by atoms with Crippen molar-refractivity contribution in [2.45, 2.75) is 0 Å². The molecule has 0 unspecified atom stereocenters. The molecule has 0 aliphatic heterocycles. The maximum Gasteiger partial charge on any atom is 0.258 e. The van der Waals surface area contributed by atoms with Crippen LogP contribution in [0.5, 0.6) is 0 Å². The Labute approximate surface area is 225 Å². The molecule has 0 bridgehead atoms. The molecule has 0 aliphatic carbocycles. The maximum absolute atomic E-state index is 11.7. The molecule has 3 aromatic carbocycles. The third-order valence-electron chi connectivity index (χ3n) is 4.98. The third kappa shape index (κ3) is 9.66. The molecule has 2 heterocycles. The summed E-state index contributed by atoms with van der Waals surface area (Å²) in [5.41, 5.74) is 27.1. The largest absolute Gasteiger partial charge is 0.472 e. The average molecular weight is 524 g/mol. The second kappa shape index (κ2) is 14.1. The molecule has 0 spiro atoms. The molecule has 2 amide bonds. The Morgan fingerprint density at radius 1 is 0.590 bits per heavy atom. The molecular weight excluding hydrogens is 494 g/mol. The quantitative estimate of drug-likeness (QED) is 0.180. The molecule has 0 saturated heterocycles. The molecule has 10 heteroatoms. The average Bonchev–Trinajstić information content (AvgIpc) is 3.50. The van der Waals surface area contributed by atoms with Crippen molar-refractivity contribution in [3.05, 3.63) is 127 Å². The van der Waals surface area contributed by atoms with E-state index in [2.05, 4.69) is 15.6 Å². The van der Waals surface area contributed by atoms with Gasteiger partial charge in [0, 0.05) is 46.5 Å². The van der Waals surface area contributed by atoms with Gasteiger partial charge in [0.25, 0.3) is 11.8 Å². The van der Waals surface area contributed by atoms with Crippen LogP contribution in [0.1, 0.15) is 20.7 Å². The van der Waals surface area contributed by atoms with E-state index >= 15 is 0 Å². The van der Waals surface area contributed by atoms with Crippen LogP contribution < -0.4 is 33.6 Å². The van der Waals surface area contributed by atoms with Gasteiger partial charge in [-0.25, -0.2) is 0 Å².